The molecule has 492 valence electrons. The average molecular weight is 1220 g/mol. The molecule has 22 nitrogen and oxygen atoms in total. The first-order chi connectivity index (χ1) is 40.6. The van der Waals surface area contributed by atoms with Gasteiger partial charge in [0.25, 0.3) is 0 Å². The number of carbonyl (C=O) groups is 1. The highest BCUT2D eigenvalue weighted by atomic mass is 16.8. The van der Waals surface area contributed by atoms with Gasteiger partial charge in [0, 0.05) is 105 Å². The summed E-state index contributed by atoms with van der Waals surface area (Å²) in [6, 6.07) is 0. The van der Waals surface area contributed by atoms with Crippen LogP contribution in [0.3, 0.4) is 0 Å². The number of esters is 1. The molecule has 0 unspecified atom stereocenters. The van der Waals surface area contributed by atoms with Gasteiger partial charge in [0.15, 0.2) is 25.0 Å². The standard InChI is InChI=1S/C63H108O22/c1-58(2)28-35-34-22-23-39-59(3)26-25-40(60(4,32-67-9)38(59)24-27-61(39,5)62(34,6)29-41(69-11)63(35,33-68-10)53(78-20)52(58)77-19)82-57-51(85-56-50(76-18)45(73-15)43(71-13)37(81-56)31-66-8)46(74-16)47(48(84-57)54(64)79-21)83-55-49(75-17)44(72-14)42(70-12)36(80-55)30-65-7/h22,35-53,55-57H,23-33H2,1-21H3/t35-,36+,37+,38+,39+,40-,41+,42+,43+,44-,45-,46-,47-,48-,49+,50+,51+,52-,53-,55-,56-,57+,59-,60+,61+,62+,63-/m0/s1. The molecule has 0 bridgehead atoms. The van der Waals surface area contributed by atoms with Gasteiger partial charge in [0.1, 0.15) is 67.1 Å². The van der Waals surface area contributed by atoms with Crippen molar-refractivity contribution in [3.05, 3.63) is 11.6 Å². The van der Waals surface area contributed by atoms with Crippen LogP contribution >= 0.6 is 0 Å². The topological polar surface area (TPSA) is 211 Å². The Labute approximate surface area is 506 Å². The summed E-state index contributed by atoms with van der Waals surface area (Å²) in [4.78, 5) is 14.5. The Morgan fingerprint density at radius 3 is 1.49 bits per heavy atom. The van der Waals surface area contributed by atoms with E-state index in [9.17, 15) is 4.79 Å². The highest BCUT2D eigenvalue weighted by Crippen LogP contribution is 2.76. The van der Waals surface area contributed by atoms with E-state index in [1.807, 2.05) is 14.2 Å². The van der Waals surface area contributed by atoms with E-state index in [1.54, 1.807) is 71.1 Å². The lowest BCUT2D eigenvalue weighted by Crippen LogP contribution is -2.72. The fourth-order valence-electron chi connectivity index (χ4n) is 19.1. The zero-order valence-corrected chi connectivity index (χ0v) is 55.0. The van der Waals surface area contributed by atoms with Crippen LogP contribution in [0.25, 0.3) is 0 Å². The van der Waals surface area contributed by atoms with Gasteiger partial charge in [-0.3, -0.25) is 0 Å². The highest BCUT2D eigenvalue weighted by molar-refractivity contribution is 5.75. The fourth-order valence-corrected chi connectivity index (χ4v) is 19.1. The van der Waals surface area contributed by atoms with Crippen molar-refractivity contribution in [3.8, 4) is 0 Å². The summed E-state index contributed by atoms with van der Waals surface area (Å²) < 4.78 is 134. The summed E-state index contributed by atoms with van der Waals surface area (Å²) in [6.45, 7) is 15.7. The number of rotatable bonds is 25. The lowest BCUT2D eigenvalue weighted by molar-refractivity contribution is -0.396. The molecule has 0 radical (unpaired) electrons. The lowest BCUT2D eigenvalue weighted by atomic mass is 9.33. The Kier molecular flexibility index (Phi) is 22.9. The minimum atomic E-state index is -1.45. The molecule has 0 aromatic rings. The van der Waals surface area contributed by atoms with E-state index < -0.39 is 115 Å². The van der Waals surface area contributed by atoms with Crippen molar-refractivity contribution in [1.29, 1.82) is 0 Å². The lowest BCUT2D eigenvalue weighted by Gasteiger charge is -2.73. The van der Waals surface area contributed by atoms with E-state index in [4.69, 9.17) is 99.5 Å². The van der Waals surface area contributed by atoms with Gasteiger partial charge in [-0.1, -0.05) is 53.2 Å². The molecule has 4 saturated carbocycles. The molecule has 3 heterocycles. The molecule has 3 aliphatic heterocycles. The smallest absolute Gasteiger partial charge is 0.337 e. The number of carbonyl (C=O) groups excluding carboxylic acids is 1. The Morgan fingerprint density at radius 1 is 0.494 bits per heavy atom. The zero-order chi connectivity index (χ0) is 62.2. The fraction of sp³-hybridized carbons (Fsp3) is 0.952. The maximum atomic E-state index is 14.5. The van der Waals surface area contributed by atoms with E-state index in [2.05, 4.69) is 47.6 Å². The molecular weight excluding hydrogens is 1110 g/mol. The maximum absolute atomic E-state index is 14.5. The van der Waals surface area contributed by atoms with Gasteiger partial charge in [-0.2, -0.15) is 0 Å². The highest BCUT2D eigenvalue weighted by Gasteiger charge is 2.74. The Bertz CT molecular complexity index is 2190. The Balaban J connectivity index is 1.18. The number of methoxy groups -OCH3 is 15. The van der Waals surface area contributed by atoms with Crippen LogP contribution in [0.2, 0.25) is 0 Å². The van der Waals surface area contributed by atoms with E-state index in [0.29, 0.717) is 19.6 Å². The Hall–Kier alpha value is -1.59. The van der Waals surface area contributed by atoms with E-state index in [-0.39, 0.29) is 70.9 Å². The first-order valence-electron chi connectivity index (χ1n) is 30.6. The van der Waals surface area contributed by atoms with E-state index in [1.165, 1.54) is 26.9 Å². The molecule has 7 fully saturated rings. The number of fused-ring (bicyclic) bond motifs is 7. The van der Waals surface area contributed by atoms with Crippen LogP contribution in [0.15, 0.2) is 11.6 Å². The largest absolute Gasteiger partial charge is 0.467 e. The molecule has 0 aromatic heterocycles. The third-order valence-electron chi connectivity index (χ3n) is 23.0. The molecule has 22 heteroatoms. The van der Waals surface area contributed by atoms with Gasteiger partial charge < -0.3 is 99.5 Å². The first kappa shape index (κ1) is 69.3. The summed E-state index contributed by atoms with van der Waals surface area (Å²) in [5, 5.41) is 0. The van der Waals surface area contributed by atoms with Crippen LogP contribution in [0.1, 0.15) is 86.5 Å². The van der Waals surface area contributed by atoms with Gasteiger partial charge in [-0.15, -0.1) is 0 Å². The Morgan fingerprint density at radius 2 is 1.01 bits per heavy atom. The number of hydrogen-bond acceptors (Lipinski definition) is 22. The monoisotopic (exact) mass is 1220 g/mol. The molecule has 0 amide bonds. The van der Waals surface area contributed by atoms with Crippen molar-refractivity contribution < 1.29 is 104 Å². The van der Waals surface area contributed by atoms with Crippen molar-refractivity contribution in [3.63, 3.8) is 0 Å². The number of allylic oxidation sites excluding steroid dienone is 2. The van der Waals surface area contributed by atoms with Crippen molar-refractivity contribution in [2.45, 2.75) is 203 Å². The molecule has 85 heavy (non-hydrogen) atoms. The molecule has 8 rings (SSSR count). The molecule has 0 N–H and O–H groups in total. The van der Waals surface area contributed by atoms with Gasteiger partial charge in [-0.25, -0.2) is 4.79 Å². The zero-order valence-electron chi connectivity index (χ0n) is 55.0. The second-order valence-corrected chi connectivity index (χ2v) is 27.0. The molecule has 0 spiro atoms. The molecule has 3 saturated heterocycles. The minimum Gasteiger partial charge on any atom is -0.467 e. The molecule has 5 aliphatic carbocycles. The van der Waals surface area contributed by atoms with Crippen molar-refractivity contribution in [1.82, 2.24) is 0 Å². The maximum Gasteiger partial charge on any atom is 0.337 e. The second-order valence-electron chi connectivity index (χ2n) is 27.0. The number of ether oxygens (including phenoxy) is 21. The van der Waals surface area contributed by atoms with Gasteiger partial charge >= 0.3 is 5.97 Å². The van der Waals surface area contributed by atoms with Crippen LogP contribution in [0.5, 0.6) is 0 Å². The summed E-state index contributed by atoms with van der Waals surface area (Å²) in [5.74, 6) is -0.200. The van der Waals surface area contributed by atoms with Crippen LogP contribution in [-0.4, -0.2) is 256 Å². The summed E-state index contributed by atoms with van der Waals surface area (Å²) in [6.07, 6.45) is -6.82. The second kappa shape index (κ2) is 28.1. The quantitative estimate of drug-likeness (QED) is 0.0597. The van der Waals surface area contributed by atoms with E-state index in [0.717, 1.165) is 38.5 Å². The van der Waals surface area contributed by atoms with Crippen molar-refractivity contribution >= 4 is 5.97 Å². The molecule has 27 atom stereocenters. The predicted octanol–water partition coefficient (Wildman–Crippen LogP) is 5.84. The summed E-state index contributed by atoms with van der Waals surface area (Å²) in [5.41, 5.74) is -0.257. The van der Waals surface area contributed by atoms with Crippen molar-refractivity contribution in [2.24, 2.45) is 50.2 Å². The normalized spacial score (nSPS) is 47.8. The van der Waals surface area contributed by atoms with E-state index >= 15 is 0 Å². The number of hydrogen-bond donors (Lipinski definition) is 0. The predicted molar refractivity (Wildman–Crippen MR) is 308 cm³/mol. The van der Waals surface area contributed by atoms with Crippen LogP contribution in [-0.2, 0) is 104 Å². The van der Waals surface area contributed by atoms with Crippen LogP contribution < -0.4 is 0 Å². The molecule has 0 aromatic carbocycles. The van der Waals surface area contributed by atoms with Gasteiger partial charge in [-0.05, 0) is 84.4 Å². The molecular formula is C63H108O22. The third kappa shape index (κ3) is 11.6. The van der Waals surface area contributed by atoms with Crippen LogP contribution in [0, 0.1) is 50.2 Å². The van der Waals surface area contributed by atoms with Crippen LogP contribution in [0.4, 0.5) is 0 Å². The van der Waals surface area contributed by atoms with Gasteiger partial charge in [0.05, 0.1) is 63.4 Å². The van der Waals surface area contributed by atoms with Gasteiger partial charge in [0.2, 0.25) is 0 Å². The summed E-state index contributed by atoms with van der Waals surface area (Å²) in [7, 11) is 24.4. The SMILES string of the molecule is COC[C@H]1O[C@@H](O[C@H]2[C@H](O[C@H]3CC[C@@]4(C)[C@@H](CC[C@]5(C)[C@@H]4CC=C4[C@@H]6CC(C)(C)[C@@H](OC)[C@H](OC)[C@]6(COC)[C@H](OC)C[C@]45C)[C@@]3(C)COC)O[C@H](C(=O)OC)[C@@H](O[C@@H]3O[C@H](COC)[C@@H](OC)[C@H](OC)[C@H]3OC)[C@@H]2OC)[C@H](OC)[C@@H](OC)[C@@H]1OC. The summed E-state index contributed by atoms with van der Waals surface area (Å²) >= 11 is 0. The van der Waals surface area contributed by atoms with Crippen molar-refractivity contribution in [2.75, 3.05) is 133 Å². The first-order valence-corrected chi connectivity index (χ1v) is 30.6. The molecule has 8 aliphatic rings. The average Bonchev–Trinajstić information content (AvgIpc) is 0.688. The minimum absolute atomic E-state index is 0.119. The third-order valence-corrected chi connectivity index (χ3v) is 23.0.